The van der Waals surface area contributed by atoms with Crippen molar-refractivity contribution < 1.29 is 13.2 Å². The topological polar surface area (TPSA) is 81.4 Å². The van der Waals surface area contributed by atoms with Gasteiger partial charge >= 0.3 is 0 Å². The predicted molar refractivity (Wildman–Crippen MR) is 71.5 cm³/mol. The zero-order valence-electron chi connectivity index (χ0n) is 10.6. The molecule has 3 N–H and O–H groups in total. The highest BCUT2D eigenvalue weighted by Gasteiger charge is 2.10. The summed E-state index contributed by atoms with van der Waals surface area (Å²) in [6, 6.07) is 7.26. The zero-order valence-corrected chi connectivity index (χ0v) is 11.4. The van der Waals surface area contributed by atoms with Gasteiger partial charge in [-0.3, -0.25) is 0 Å². The summed E-state index contributed by atoms with van der Waals surface area (Å²) in [7, 11) is -1.68. The van der Waals surface area contributed by atoms with Gasteiger partial charge in [-0.15, -0.1) is 0 Å². The minimum atomic E-state index is -3.27. The number of hydrogen-bond donors (Lipinski definition) is 2. The SMILES string of the molecule is COCCCNS(=O)(=O)Cc1ccc(CN)cc1. The lowest BCUT2D eigenvalue weighted by molar-refractivity contribution is 0.196. The molecular formula is C12H20N2O3S. The van der Waals surface area contributed by atoms with E-state index in [-0.39, 0.29) is 5.75 Å². The highest BCUT2D eigenvalue weighted by Crippen LogP contribution is 2.07. The molecule has 0 unspecified atom stereocenters. The van der Waals surface area contributed by atoms with Gasteiger partial charge in [0, 0.05) is 26.8 Å². The molecule has 18 heavy (non-hydrogen) atoms. The number of sulfonamides is 1. The summed E-state index contributed by atoms with van der Waals surface area (Å²) in [5.41, 5.74) is 7.22. The molecule has 0 saturated heterocycles. The van der Waals surface area contributed by atoms with Gasteiger partial charge in [0.25, 0.3) is 0 Å². The molecule has 0 atom stereocenters. The summed E-state index contributed by atoms with van der Waals surface area (Å²) in [6.07, 6.45) is 0.668. The number of nitrogens with one attached hydrogen (secondary N) is 1. The first-order valence-corrected chi connectivity index (χ1v) is 7.47. The second-order valence-corrected chi connectivity index (χ2v) is 5.83. The minimum Gasteiger partial charge on any atom is -0.385 e. The van der Waals surface area contributed by atoms with Crippen molar-refractivity contribution >= 4 is 10.0 Å². The van der Waals surface area contributed by atoms with Crippen LogP contribution in [0.5, 0.6) is 0 Å². The molecule has 102 valence electrons. The third-order valence-corrected chi connectivity index (χ3v) is 3.82. The second kappa shape index (κ2) is 7.48. The van der Waals surface area contributed by atoms with E-state index >= 15 is 0 Å². The Morgan fingerprint density at radius 3 is 2.39 bits per heavy atom. The third-order valence-electron chi connectivity index (χ3n) is 2.46. The lowest BCUT2D eigenvalue weighted by Gasteiger charge is -2.07. The van der Waals surface area contributed by atoms with Gasteiger partial charge in [0.05, 0.1) is 5.75 Å². The van der Waals surface area contributed by atoms with Crippen LogP contribution in [-0.2, 0) is 27.1 Å². The third kappa shape index (κ3) is 5.59. The Hall–Kier alpha value is -0.950. The number of rotatable bonds is 8. The average molecular weight is 272 g/mol. The van der Waals surface area contributed by atoms with Gasteiger partial charge in [-0.1, -0.05) is 24.3 Å². The Kier molecular flexibility index (Phi) is 6.28. The van der Waals surface area contributed by atoms with Crippen molar-refractivity contribution in [3.8, 4) is 0 Å². The second-order valence-electron chi connectivity index (χ2n) is 4.02. The normalized spacial score (nSPS) is 11.7. The van der Waals surface area contributed by atoms with E-state index in [4.69, 9.17) is 10.5 Å². The predicted octanol–water partition coefficient (Wildman–Crippen LogP) is 0.601. The van der Waals surface area contributed by atoms with Gasteiger partial charge in [-0.05, 0) is 17.5 Å². The molecule has 0 aromatic heterocycles. The number of nitrogens with two attached hydrogens (primary N) is 1. The van der Waals surface area contributed by atoms with Gasteiger partial charge in [0.2, 0.25) is 10.0 Å². The van der Waals surface area contributed by atoms with Crippen molar-refractivity contribution in [1.29, 1.82) is 0 Å². The summed E-state index contributed by atoms with van der Waals surface area (Å²) >= 11 is 0. The molecule has 0 amide bonds. The maximum absolute atomic E-state index is 11.7. The highest BCUT2D eigenvalue weighted by molar-refractivity contribution is 7.88. The molecule has 1 aromatic rings. The Morgan fingerprint density at radius 2 is 1.83 bits per heavy atom. The Labute approximate surface area is 108 Å². The molecule has 0 bridgehead atoms. The molecule has 5 nitrogen and oxygen atoms in total. The van der Waals surface area contributed by atoms with Gasteiger partial charge in [-0.2, -0.15) is 0 Å². The number of benzene rings is 1. The maximum atomic E-state index is 11.7. The Morgan fingerprint density at radius 1 is 1.22 bits per heavy atom. The summed E-state index contributed by atoms with van der Waals surface area (Å²) in [6.45, 7) is 1.41. The van der Waals surface area contributed by atoms with Crippen molar-refractivity contribution in [2.75, 3.05) is 20.3 Å². The van der Waals surface area contributed by atoms with Gasteiger partial charge < -0.3 is 10.5 Å². The lowest BCUT2D eigenvalue weighted by atomic mass is 10.1. The van der Waals surface area contributed by atoms with E-state index < -0.39 is 10.0 Å². The fraction of sp³-hybridized carbons (Fsp3) is 0.500. The van der Waals surface area contributed by atoms with Crippen LogP contribution < -0.4 is 10.5 Å². The summed E-state index contributed by atoms with van der Waals surface area (Å²) in [4.78, 5) is 0. The standard InChI is InChI=1S/C12H20N2O3S/c1-17-8-2-7-14-18(15,16)10-12-5-3-11(9-13)4-6-12/h3-6,14H,2,7-10,13H2,1H3. The number of ether oxygens (including phenoxy) is 1. The first kappa shape index (κ1) is 15.1. The molecule has 1 aromatic carbocycles. The van der Waals surface area contributed by atoms with Crippen LogP contribution in [0, 0.1) is 0 Å². The summed E-state index contributed by atoms with van der Waals surface area (Å²) < 4.78 is 30.9. The minimum absolute atomic E-state index is 0.00909. The van der Waals surface area contributed by atoms with E-state index in [9.17, 15) is 8.42 Å². The molecule has 0 heterocycles. The van der Waals surface area contributed by atoms with Crippen LogP contribution in [0.3, 0.4) is 0 Å². The fourth-order valence-electron chi connectivity index (χ4n) is 1.49. The number of hydrogen-bond acceptors (Lipinski definition) is 4. The van der Waals surface area contributed by atoms with Crippen LogP contribution in [0.1, 0.15) is 17.5 Å². The zero-order chi connectivity index (χ0) is 13.4. The van der Waals surface area contributed by atoms with Gasteiger partial charge in [-0.25, -0.2) is 13.1 Å². The quantitative estimate of drug-likeness (QED) is 0.679. The summed E-state index contributed by atoms with van der Waals surface area (Å²) in [5, 5.41) is 0. The van der Waals surface area contributed by atoms with E-state index in [1.165, 1.54) is 0 Å². The molecule has 0 spiro atoms. The first-order valence-electron chi connectivity index (χ1n) is 5.81. The molecule has 0 aliphatic carbocycles. The number of methoxy groups -OCH3 is 1. The van der Waals surface area contributed by atoms with Crippen LogP contribution >= 0.6 is 0 Å². The maximum Gasteiger partial charge on any atom is 0.215 e. The first-order chi connectivity index (χ1) is 8.57. The smallest absolute Gasteiger partial charge is 0.215 e. The molecule has 0 aliphatic heterocycles. The molecule has 6 heteroatoms. The molecule has 1 rings (SSSR count). The largest absolute Gasteiger partial charge is 0.385 e. The Balaban J connectivity index is 2.48. The molecule has 0 fully saturated rings. The van der Waals surface area contributed by atoms with Crippen LogP contribution in [0.15, 0.2) is 24.3 Å². The highest BCUT2D eigenvalue weighted by atomic mass is 32.2. The van der Waals surface area contributed by atoms with Crippen molar-refractivity contribution in [2.45, 2.75) is 18.7 Å². The van der Waals surface area contributed by atoms with E-state index in [2.05, 4.69) is 4.72 Å². The van der Waals surface area contributed by atoms with E-state index in [0.29, 0.717) is 26.1 Å². The average Bonchev–Trinajstić information content (AvgIpc) is 2.35. The van der Waals surface area contributed by atoms with Crippen LogP contribution in [0.4, 0.5) is 0 Å². The molecule has 0 radical (unpaired) electrons. The van der Waals surface area contributed by atoms with Crippen molar-refractivity contribution in [2.24, 2.45) is 5.73 Å². The van der Waals surface area contributed by atoms with Gasteiger partial charge in [0.15, 0.2) is 0 Å². The van der Waals surface area contributed by atoms with E-state index in [1.54, 1.807) is 19.2 Å². The monoisotopic (exact) mass is 272 g/mol. The van der Waals surface area contributed by atoms with E-state index in [0.717, 1.165) is 11.1 Å². The van der Waals surface area contributed by atoms with Crippen LogP contribution in [0.2, 0.25) is 0 Å². The van der Waals surface area contributed by atoms with Crippen LogP contribution in [0.25, 0.3) is 0 Å². The summed E-state index contributed by atoms with van der Waals surface area (Å²) in [5.74, 6) is -0.00909. The van der Waals surface area contributed by atoms with E-state index in [1.807, 2.05) is 12.1 Å². The molecule has 0 aliphatic rings. The van der Waals surface area contributed by atoms with Crippen molar-refractivity contribution in [3.05, 3.63) is 35.4 Å². The lowest BCUT2D eigenvalue weighted by Crippen LogP contribution is -2.26. The molecular weight excluding hydrogens is 252 g/mol. The van der Waals surface area contributed by atoms with Crippen molar-refractivity contribution in [3.63, 3.8) is 0 Å². The van der Waals surface area contributed by atoms with Gasteiger partial charge in [0.1, 0.15) is 0 Å². The molecule has 0 saturated carbocycles. The fourth-order valence-corrected chi connectivity index (χ4v) is 2.67. The Bertz CT molecular complexity index is 443. The van der Waals surface area contributed by atoms with Crippen molar-refractivity contribution in [1.82, 2.24) is 4.72 Å². The van der Waals surface area contributed by atoms with Crippen LogP contribution in [-0.4, -0.2) is 28.7 Å².